The minimum absolute atomic E-state index is 0.131. The summed E-state index contributed by atoms with van der Waals surface area (Å²) in [7, 11) is 1.57. The Bertz CT molecular complexity index is 421. The van der Waals surface area contributed by atoms with E-state index >= 15 is 0 Å². The zero-order chi connectivity index (χ0) is 14.8. The average Bonchev–Trinajstić information content (AvgIpc) is 2.45. The Balaban J connectivity index is 2.55. The second-order valence-electron chi connectivity index (χ2n) is 4.06. The molecule has 0 heterocycles. The van der Waals surface area contributed by atoms with Gasteiger partial charge in [0.15, 0.2) is 0 Å². The van der Waals surface area contributed by atoms with Crippen molar-refractivity contribution in [3.8, 4) is 0 Å². The molecule has 0 atom stereocenters. The second-order valence-corrected chi connectivity index (χ2v) is 4.06. The summed E-state index contributed by atoms with van der Waals surface area (Å²) in [5.41, 5.74) is 0.566. The monoisotopic (exact) mass is 281 g/mol. The molecule has 0 unspecified atom stereocenters. The van der Waals surface area contributed by atoms with E-state index in [0.29, 0.717) is 18.9 Å². The Morgan fingerprint density at radius 3 is 2.45 bits per heavy atom. The van der Waals surface area contributed by atoms with Crippen molar-refractivity contribution in [1.82, 2.24) is 0 Å². The van der Waals surface area contributed by atoms with Gasteiger partial charge in [-0.25, -0.2) is 0 Å². The summed E-state index contributed by atoms with van der Waals surface area (Å²) >= 11 is 0. The Kier molecular flexibility index (Phi) is 7.31. The van der Waals surface area contributed by atoms with Crippen LogP contribution in [0.25, 0.3) is 0 Å². The van der Waals surface area contributed by atoms with Crippen LogP contribution in [-0.4, -0.2) is 50.5 Å². The zero-order valence-corrected chi connectivity index (χ0v) is 11.4. The van der Waals surface area contributed by atoms with Gasteiger partial charge in [0.25, 0.3) is 0 Å². The van der Waals surface area contributed by atoms with Gasteiger partial charge in [-0.15, -0.1) is 0 Å². The fourth-order valence-corrected chi connectivity index (χ4v) is 1.61. The highest BCUT2D eigenvalue weighted by Crippen LogP contribution is 2.14. The van der Waals surface area contributed by atoms with E-state index in [1.54, 1.807) is 37.4 Å². The van der Waals surface area contributed by atoms with Crippen LogP contribution in [0.2, 0.25) is 0 Å². The summed E-state index contributed by atoms with van der Waals surface area (Å²) in [5.74, 6) is -1.33. The molecule has 110 valence electrons. The number of anilines is 1. The highest BCUT2D eigenvalue weighted by atomic mass is 16.5. The Morgan fingerprint density at radius 2 is 1.85 bits per heavy atom. The van der Waals surface area contributed by atoms with E-state index in [2.05, 4.69) is 0 Å². The van der Waals surface area contributed by atoms with Gasteiger partial charge in [0.2, 0.25) is 5.91 Å². The van der Waals surface area contributed by atoms with Crippen LogP contribution in [0.15, 0.2) is 30.3 Å². The Morgan fingerprint density at radius 1 is 1.15 bits per heavy atom. The van der Waals surface area contributed by atoms with Crippen LogP contribution >= 0.6 is 0 Å². The summed E-state index contributed by atoms with van der Waals surface area (Å²) in [6, 6.07) is 8.72. The van der Waals surface area contributed by atoms with Crippen molar-refractivity contribution in [2.24, 2.45) is 0 Å². The smallest absolute Gasteiger partial charge is 0.323 e. The predicted octanol–water partition coefficient (Wildman–Crippen LogP) is 1.16. The molecule has 0 saturated carbocycles. The van der Waals surface area contributed by atoms with E-state index in [-0.39, 0.29) is 25.5 Å². The standard InChI is InChI=1S/C14H19NO5/c1-19-9-10-20-8-7-13(16)15(11-14(17)18)12-5-3-2-4-6-12/h2-6H,7-11H2,1H3,(H,17,18). The van der Waals surface area contributed by atoms with Crippen molar-refractivity contribution in [3.05, 3.63) is 30.3 Å². The molecule has 1 rings (SSSR count). The number of benzene rings is 1. The van der Waals surface area contributed by atoms with Gasteiger partial charge in [0.05, 0.1) is 26.2 Å². The summed E-state index contributed by atoms with van der Waals surface area (Å²) in [5, 5.41) is 8.89. The SMILES string of the molecule is COCCOCCC(=O)N(CC(=O)O)c1ccccc1. The minimum Gasteiger partial charge on any atom is -0.480 e. The lowest BCUT2D eigenvalue weighted by atomic mass is 10.2. The fourth-order valence-electron chi connectivity index (χ4n) is 1.61. The van der Waals surface area contributed by atoms with Crippen molar-refractivity contribution < 1.29 is 24.2 Å². The minimum atomic E-state index is -1.05. The number of nitrogens with zero attached hydrogens (tertiary/aromatic N) is 1. The van der Waals surface area contributed by atoms with Gasteiger partial charge in [0, 0.05) is 12.8 Å². The molecule has 0 aliphatic rings. The third-order valence-electron chi connectivity index (χ3n) is 2.55. The molecule has 0 aromatic heterocycles. The zero-order valence-electron chi connectivity index (χ0n) is 11.4. The van der Waals surface area contributed by atoms with Crippen LogP contribution in [-0.2, 0) is 19.1 Å². The maximum Gasteiger partial charge on any atom is 0.323 e. The summed E-state index contributed by atoms with van der Waals surface area (Å²) in [6.45, 7) is 0.756. The number of carboxylic acids is 1. The molecule has 0 aliphatic carbocycles. The van der Waals surface area contributed by atoms with E-state index in [1.165, 1.54) is 4.90 Å². The first kappa shape index (κ1) is 16.1. The van der Waals surface area contributed by atoms with Crippen molar-refractivity contribution in [2.75, 3.05) is 38.4 Å². The molecule has 0 saturated heterocycles. The normalized spacial score (nSPS) is 10.2. The van der Waals surface area contributed by atoms with Crippen LogP contribution < -0.4 is 4.90 Å². The van der Waals surface area contributed by atoms with E-state index in [0.717, 1.165) is 0 Å². The number of methoxy groups -OCH3 is 1. The van der Waals surface area contributed by atoms with Crippen LogP contribution in [0.3, 0.4) is 0 Å². The van der Waals surface area contributed by atoms with Crippen LogP contribution in [0.1, 0.15) is 6.42 Å². The third-order valence-corrected chi connectivity index (χ3v) is 2.55. The van der Waals surface area contributed by atoms with Gasteiger partial charge in [-0.2, -0.15) is 0 Å². The lowest BCUT2D eigenvalue weighted by Crippen LogP contribution is -2.36. The van der Waals surface area contributed by atoms with Gasteiger partial charge in [0.1, 0.15) is 6.54 Å². The van der Waals surface area contributed by atoms with Crippen LogP contribution in [0, 0.1) is 0 Å². The summed E-state index contributed by atoms with van der Waals surface area (Å²) < 4.78 is 10.0. The highest BCUT2D eigenvalue weighted by molar-refractivity contribution is 5.97. The van der Waals surface area contributed by atoms with Gasteiger partial charge in [-0.05, 0) is 12.1 Å². The number of carbonyl (C=O) groups is 2. The maximum absolute atomic E-state index is 12.1. The molecule has 1 aromatic rings. The number of hydrogen-bond donors (Lipinski definition) is 1. The van der Waals surface area contributed by atoms with E-state index in [9.17, 15) is 9.59 Å². The summed E-state index contributed by atoms with van der Waals surface area (Å²) in [4.78, 5) is 24.2. The third kappa shape index (κ3) is 5.81. The number of para-hydroxylation sites is 1. The maximum atomic E-state index is 12.1. The van der Waals surface area contributed by atoms with Gasteiger partial charge in [-0.3, -0.25) is 9.59 Å². The molecular formula is C14H19NO5. The topological polar surface area (TPSA) is 76.1 Å². The molecule has 0 aliphatic heterocycles. The molecule has 0 fully saturated rings. The van der Waals surface area contributed by atoms with Crippen molar-refractivity contribution in [1.29, 1.82) is 0 Å². The van der Waals surface area contributed by atoms with Gasteiger partial charge in [-0.1, -0.05) is 18.2 Å². The predicted molar refractivity (Wildman–Crippen MR) is 73.7 cm³/mol. The molecule has 6 heteroatoms. The number of amides is 1. The largest absolute Gasteiger partial charge is 0.480 e. The lowest BCUT2D eigenvalue weighted by molar-refractivity contribution is -0.136. The molecule has 0 bridgehead atoms. The second kappa shape index (κ2) is 9.06. The number of hydrogen-bond acceptors (Lipinski definition) is 4. The highest BCUT2D eigenvalue weighted by Gasteiger charge is 2.18. The molecule has 0 spiro atoms. The first-order valence-corrected chi connectivity index (χ1v) is 6.29. The van der Waals surface area contributed by atoms with Gasteiger partial charge >= 0.3 is 5.97 Å². The van der Waals surface area contributed by atoms with Crippen molar-refractivity contribution in [3.63, 3.8) is 0 Å². The van der Waals surface area contributed by atoms with Crippen LogP contribution in [0.5, 0.6) is 0 Å². The number of carboxylic acid groups (broad SMARTS) is 1. The van der Waals surface area contributed by atoms with Crippen molar-refractivity contribution >= 4 is 17.6 Å². The molecule has 1 N–H and O–H groups in total. The Labute approximate surface area is 117 Å². The molecule has 6 nitrogen and oxygen atoms in total. The van der Waals surface area contributed by atoms with Gasteiger partial charge < -0.3 is 19.5 Å². The molecular weight excluding hydrogens is 262 g/mol. The average molecular weight is 281 g/mol. The van der Waals surface area contributed by atoms with E-state index in [4.69, 9.17) is 14.6 Å². The summed E-state index contributed by atoms with van der Waals surface area (Å²) in [6.07, 6.45) is 0.131. The van der Waals surface area contributed by atoms with E-state index in [1.807, 2.05) is 0 Å². The quantitative estimate of drug-likeness (QED) is 0.687. The first-order valence-electron chi connectivity index (χ1n) is 6.29. The molecule has 20 heavy (non-hydrogen) atoms. The molecule has 1 amide bonds. The number of rotatable bonds is 9. The number of aliphatic carboxylic acids is 1. The number of ether oxygens (including phenoxy) is 2. The van der Waals surface area contributed by atoms with Crippen molar-refractivity contribution in [2.45, 2.75) is 6.42 Å². The fraction of sp³-hybridized carbons (Fsp3) is 0.429. The molecule has 1 aromatic carbocycles. The Hall–Kier alpha value is -1.92. The van der Waals surface area contributed by atoms with Crippen LogP contribution in [0.4, 0.5) is 5.69 Å². The number of carbonyl (C=O) groups excluding carboxylic acids is 1. The first-order chi connectivity index (χ1) is 9.65. The van der Waals surface area contributed by atoms with E-state index < -0.39 is 5.97 Å². The molecule has 0 radical (unpaired) electrons. The lowest BCUT2D eigenvalue weighted by Gasteiger charge is -2.20.